The molecule has 5 rings (SSSR count). The zero-order valence-corrected chi connectivity index (χ0v) is 18.2. The van der Waals surface area contributed by atoms with E-state index in [1.165, 1.54) is 0 Å². The molecule has 0 saturated carbocycles. The van der Waals surface area contributed by atoms with E-state index in [1.54, 1.807) is 34.9 Å². The minimum absolute atomic E-state index is 0.108. The quantitative estimate of drug-likeness (QED) is 0.324. The van der Waals surface area contributed by atoms with Crippen LogP contribution in [0.3, 0.4) is 0 Å². The first-order valence-corrected chi connectivity index (χ1v) is 12.0. The highest BCUT2D eigenvalue weighted by Gasteiger charge is 2.32. The number of hydrogen-bond acceptors (Lipinski definition) is 5. The molecule has 0 spiro atoms. The molecule has 4 aromatic rings. The van der Waals surface area contributed by atoms with Crippen LogP contribution >= 0.6 is 34.9 Å². The van der Waals surface area contributed by atoms with E-state index >= 15 is 0 Å². The van der Waals surface area contributed by atoms with Gasteiger partial charge >= 0.3 is 0 Å². The van der Waals surface area contributed by atoms with Gasteiger partial charge in [0.1, 0.15) is 0 Å². The fourth-order valence-electron chi connectivity index (χ4n) is 3.42. The largest absolute Gasteiger partial charge is 0.278 e. The Morgan fingerprint density at radius 3 is 2.24 bits per heavy atom. The number of carbonyl (C=O) groups excluding carboxylic acids is 1. The molecule has 0 saturated heterocycles. The van der Waals surface area contributed by atoms with Gasteiger partial charge in [-0.05, 0) is 42.8 Å². The van der Waals surface area contributed by atoms with Gasteiger partial charge in [0.15, 0.2) is 4.34 Å². The van der Waals surface area contributed by atoms with Crippen molar-refractivity contribution in [1.29, 1.82) is 0 Å². The number of nitrogens with zero attached hydrogens (tertiary/aromatic N) is 2. The second kappa shape index (κ2) is 7.86. The second-order valence-corrected chi connectivity index (χ2v) is 10.2. The van der Waals surface area contributed by atoms with Crippen molar-refractivity contribution < 1.29 is 4.79 Å². The first-order valence-electron chi connectivity index (χ1n) is 9.46. The number of amides is 1. The van der Waals surface area contributed by atoms with Crippen LogP contribution in [-0.4, -0.2) is 16.1 Å². The van der Waals surface area contributed by atoms with Crippen LogP contribution in [-0.2, 0) is 4.79 Å². The molecule has 1 aliphatic rings. The number of thioether (sulfide) groups is 1. The molecule has 0 radical (unpaired) electrons. The Kier molecular flexibility index (Phi) is 5.08. The van der Waals surface area contributed by atoms with Crippen LogP contribution < -0.4 is 4.90 Å². The van der Waals surface area contributed by atoms with E-state index in [0.29, 0.717) is 0 Å². The van der Waals surface area contributed by atoms with Crippen LogP contribution in [0.2, 0.25) is 0 Å². The third-order valence-corrected chi connectivity index (χ3v) is 8.43. The molecule has 144 valence electrons. The van der Waals surface area contributed by atoms with Gasteiger partial charge in [-0.25, -0.2) is 4.98 Å². The van der Waals surface area contributed by atoms with E-state index in [2.05, 4.69) is 25.1 Å². The van der Waals surface area contributed by atoms with Gasteiger partial charge in [0.2, 0.25) is 5.91 Å². The van der Waals surface area contributed by atoms with E-state index in [0.717, 1.165) is 42.1 Å². The Hall–Kier alpha value is -2.28. The van der Waals surface area contributed by atoms with E-state index in [9.17, 15) is 4.79 Å². The molecule has 1 aromatic heterocycles. The van der Waals surface area contributed by atoms with Gasteiger partial charge in [-0.15, -0.1) is 11.3 Å². The number of anilines is 2. The highest BCUT2D eigenvalue weighted by Crippen LogP contribution is 2.49. The smallest absolute Gasteiger partial charge is 0.245 e. The van der Waals surface area contributed by atoms with E-state index < -0.39 is 0 Å². The van der Waals surface area contributed by atoms with Crippen LogP contribution in [0.4, 0.5) is 11.4 Å². The normalized spacial score (nSPS) is 13.8. The van der Waals surface area contributed by atoms with Gasteiger partial charge in [0, 0.05) is 9.79 Å². The van der Waals surface area contributed by atoms with Crippen molar-refractivity contribution in [2.45, 2.75) is 32.7 Å². The number of thiazole rings is 1. The molecule has 0 aliphatic carbocycles. The number of hydrogen-bond donors (Lipinski definition) is 0. The highest BCUT2D eigenvalue weighted by atomic mass is 32.2. The number of carbonyl (C=O) groups is 1. The summed E-state index contributed by atoms with van der Waals surface area (Å²) in [4.78, 5) is 22.6. The van der Waals surface area contributed by atoms with Crippen molar-refractivity contribution in [2.24, 2.45) is 0 Å². The Labute approximate surface area is 182 Å². The lowest BCUT2D eigenvalue weighted by molar-refractivity contribution is -0.117. The second-order valence-electron chi connectivity index (χ2n) is 6.67. The lowest BCUT2D eigenvalue weighted by Crippen LogP contribution is -2.35. The Morgan fingerprint density at radius 2 is 1.59 bits per heavy atom. The zero-order chi connectivity index (χ0) is 19.8. The predicted octanol–water partition coefficient (Wildman–Crippen LogP) is 7.00. The molecule has 0 N–H and O–H groups in total. The average Bonchev–Trinajstić information content (AvgIpc) is 3.18. The fourth-order valence-corrected chi connectivity index (χ4v) is 6.75. The molecule has 0 fully saturated rings. The van der Waals surface area contributed by atoms with Crippen LogP contribution in [0.15, 0.2) is 86.9 Å². The maximum absolute atomic E-state index is 13.7. The third kappa shape index (κ3) is 3.45. The topological polar surface area (TPSA) is 33.2 Å². The summed E-state index contributed by atoms with van der Waals surface area (Å²) < 4.78 is 2.10. The van der Waals surface area contributed by atoms with Crippen LogP contribution in [0.25, 0.3) is 10.2 Å². The minimum atomic E-state index is -0.195. The SMILES string of the molecule is CCC(Sc1nc2ccccc2s1)C(=O)N1c2ccccc2Sc2ccccc21. The molecule has 1 aliphatic heterocycles. The molecule has 3 aromatic carbocycles. The van der Waals surface area contributed by atoms with Crippen molar-refractivity contribution in [1.82, 2.24) is 4.98 Å². The van der Waals surface area contributed by atoms with Crippen molar-refractivity contribution in [3.05, 3.63) is 72.8 Å². The summed E-state index contributed by atoms with van der Waals surface area (Å²) in [6.07, 6.45) is 0.743. The minimum Gasteiger partial charge on any atom is -0.278 e. The lowest BCUT2D eigenvalue weighted by Gasteiger charge is -2.33. The Bertz CT molecular complexity index is 1120. The van der Waals surface area contributed by atoms with Crippen LogP contribution in [0, 0.1) is 0 Å². The summed E-state index contributed by atoms with van der Waals surface area (Å²) in [5.74, 6) is 0.108. The molecule has 0 bridgehead atoms. The van der Waals surface area contributed by atoms with E-state index in [-0.39, 0.29) is 11.2 Å². The number of rotatable bonds is 4. The zero-order valence-electron chi connectivity index (χ0n) is 15.7. The van der Waals surface area contributed by atoms with Crippen molar-refractivity contribution >= 4 is 62.4 Å². The lowest BCUT2D eigenvalue weighted by atomic mass is 10.2. The molecular weight excluding hydrogens is 416 g/mol. The molecule has 1 amide bonds. The maximum atomic E-state index is 13.7. The highest BCUT2D eigenvalue weighted by molar-refractivity contribution is 8.02. The summed E-state index contributed by atoms with van der Waals surface area (Å²) in [6.45, 7) is 2.07. The van der Waals surface area contributed by atoms with Crippen LogP contribution in [0.1, 0.15) is 13.3 Å². The molecular formula is C23H18N2OS3. The maximum Gasteiger partial charge on any atom is 0.245 e. The van der Waals surface area contributed by atoms with Gasteiger partial charge < -0.3 is 0 Å². The summed E-state index contributed by atoms with van der Waals surface area (Å²) in [5, 5.41) is -0.195. The molecule has 29 heavy (non-hydrogen) atoms. The van der Waals surface area contributed by atoms with Crippen molar-refractivity contribution in [3.63, 3.8) is 0 Å². The summed E-state index contributed by atoms with van der Waals surface area (Å²) in [6, 6.07) is 24.4. The standard InChI is InChI=1S/C23H18N2OS3/c1-2-18(28-23-24-15-9-3-6-12-19(15)29-23)22(26)25-16-10-4-7-13-20(16)27-21-14-8-5-11-17(21)25/h3-14,18H,2H2,1H3. The van der Waals surface area contributed by atoms with Gasteiger partial charge in [-0.1, -0.05) is 66.8 Å². The van der Waals surface area contributed by atoms with Gasteiger partial charge in [0.25, 0.3) is 0 Å². The van der Waals surface area contributed by atoms with Gasteiger partial charge in [-0.2, -0.15) is 0 Å². The first-order chi connectivity index (χ1) is 14.2. The number of benzene rings is 3. The Morgan fingerprint density at radius 1 is 0.966 bits per heavy atom. The summed E-state index contributed by atoms with van der Waals surface area (Å²) in [7, 11) is 0. The van der Waals surface area contributed by atoms with Crippen molar-refractivity contribution in [3.8, 4) is 0 Å². The predicted molar refractivity (Wildman–Crippen MR) is 124 cm³/mol. The molecule has 1 unspecified atom stereocenters. The third-order valence-electron chi connectivity index (χ3n) is 4.82. The van der Waals surface area contributed by atoms with E-state index in [1.807, 2.05) is 59.5 Å². The molecule has 2 heterocycles. The number of fused-ring (bicyclic) bond motifs is 3. The molecule has 3 nitrogen and oxygen atoms in total. The Balaban J connectivity index is 1.51. The molecule has 1 atom stereocenters. The monoisotopic (exact) mass is 434 g/mol. The summed E-state index contributed by atoms with van der Waals surface area (Å²) >= 11 is 4.95. The van der Waals surface area contributed by atoms with E-state index in [4.69, 9.17) is 4.98 Å². The first kappa shape index (κ1) is 18.7. The van der Waals surface area contributed by atoms with Gasteiger partial charge in [0.05, 0.1) is 26.8 Å². The summed E-state index contributed by atoms with van der Waals surface area (Å²) in [5.41, 5.74) is 2.92. The van der Waals surface area contributed by atoms with Crippen molar-refractivity contribution in [2.75, 3.05) is 4.90 Å². The fraction of sp³-hybridized carbons (Fsp3) is 0.130. The molecule has 6 heteroatoms. The number of aromatic nitrogens is 1. The average molecular weight is 435 g/mol. The van der Waals surface area contributed by atoms with Gasteiger partial charge in [-0.3, -0.25) is 9.69 Å². The number of para-hydroxylation sites is 3. The van der Waals surface area contributed by atoms with Crippen LogP contribution in [0.5, 0.6) is 0 Å².